The fourth-order valence-electron chi connectivity index (χ4n) is 3.44. The van der Waals surface area contributed by atoms with Crippen molar-refractivity contribution >= 4 is 21.8 Å². The van der Waals surface area contributed by atoms with E-state index >= 15 is 0 Å². The third-order valence-corrected chi connectivity index (χ3v) is 5.94. The molecule has 0 aromatic heterocycles. The molecule has 0 bridgehead atoms. The molecule has 1 aliphatic heterocycles. The van der Waals surface area contributed by atoms with Crippen LogP contribution in [0.5, 0.6) is 5.75 Å². The summed E-state index contributed by atoms with van der Waals surface area (Å²) in [5.74, 6) is 0.564. The van der Waals surface area contributed by atoms with Crippen LogP contribution in [0.15, 0.2) is 53.0 Å². The summed E-state index contributed by atoms with van der Waals surface area (Å²) in [6.07, 6.45) is -0.590. The number of benzene rings is 2. The molecule has 2 aromatic rings. The maximum Gasteiger partial charge on any atom is 0.261 e. The number of amides is 1. The van der Waals surface area contributed by atoms with Crippen molar-refractivity contribution in [2.24, 2.45) is 0 Å². The lowest BCUT2D eigenvalue weighted by molar-refractivity contribution is -0.128. The van der Waals surface area contributed by atoms with Crippen LogP contribution in [0.3, 0.4) is 0 Å². The van der Waals surface area contributed by atoms with Gasteiger partial charge >= 0.3 is 0 Å². The lowest BCUT2D eigenvalue weighted by Crippen LogP contribution is -2.49. The maximum absolute atomic E-state index is 12.9. The summed E-state index contributed by atoms with van der Waals surface area (Å²) in [5, 5.41) is 3.21. The number of piperazine rings is 1. The normalized spacial score (nSPS) is 17.5. The van der Waals surface area contributed by atoms with E-state index in [9.17, 15) is 4.79 Å². The highest BCUT2D eigenvalue weighted by Gasteiger charge is 2.24. The highest BCUT2D eigenvalue weighted by molar-refractivity contribution is 9.10. The van der Waals surface area contributed by atoms with Crippen molar-refractivity contribution in [1.82, 2.24) is 15.1 Å². The lowest BCUT2D eigenvalue weighted by atomic mass is 10.1. The first-order valence-electron chi connectivity index (χ1n) is 10.1. The molecule has 156 valence electrons. The average Bonchev–Trinajstić information content (AvgIpc) is 2.71. The Morgan fingerprint density at radius 2 is 1.83 bits per heavy atom. The van der Waals surface area contributed by atoms with Crippen molar-refractivity contribution in [1.29, 1.82) is 0 Å². The number of nitrogens with zero attached hydrogens (tertiary/aromatic N) is 2. The van der Waals surface area contributed by atoms with Gasteiger partial charge in [-0.25, -0.2) is 0 Å². The van der Waals surface area contributed by atoms with Crippen molar-refractivity contribution in [3.8, 4) is 5.75 Å². The van der Waals surface area contributed by atoms with E-state index in [1.165, 1.54) is 0 Å². The monoisotopic (exact) mass is 459 g/mol. The first-order chi connectivity index (χ1) is 13.9. The molecule has 29 heavy (non-hydrogen) atoms. The van der Waals surface area contributed by atoms with E-state index in [0.717, 1.165) is 48.3 Å². The van der Waals surface area contributed by atoms with Crippen molar-refractivity contribution in [3.63, 3.8) is 0 Å². The van der Waals surface area contributed by atoms with E-state index in [2.05, 4.69) is 50.2 Å². The molecule has 1 saturated heterocycles. The number of hydrogen-bond donors (Lipinski definition) is 1. The highest BCUT2D eigenvalue weighted by atomic mass is 79.9. The number of hydrogen-bond acceptors (Lipinski definition) is 4. The quantitative estimate of drug-likeness (QED) is 0.686. The molecule has 1 heterocycles. The first-order valence-corrected chi connectivity index (χ1v) is 10.9. The largest absolute Gasteiger partial charge is 0.480 e. The van der Waals surface area contributed by atoms with Crippen LogP contribution >= 0.6 is 15.9 Å². The van der Waals surface area contributed by atoms with Crippen LogP contribution in [0, 0.1) is 6.92 Å². The van der Waals surface area contributed by atoms with Crippen molar-refractivity contribution < 1.29 is 9.53 Å². The molecule has 1 N–H and O–H groups in total. The van der Waals surface area contributed by atoms with E-state index in [1.54, 1.807) is 6.92 Å². The van der Waals surface area contributed by atoms with E-state index in [1.807, 2.05) is 43.3 Å². The van der Waals surface area contributed by atoms with Gasteiger partial charge in [0.15, 0.2) is 6.10 Å². The minimum absolute atomic E-state index is 0.0698. The standard InChI is InChI=1S/C23H30BrN3O2/c1-17-9-10-22(20(24)15-17)29-18(2)23(28)25-21(19-7-5-4-6-8-19)16-27-13-11-26(3)12-14-27/h4-10,15,18,21H,11-14,16H2,1-3H3,(H,25,28). The Morgan fingerprint density at radius 1 is 1.14 bits per heavy atom. The molecule has 6 heteroatoms. The third kappa shape index (κ3) is 6.29. The predicted molar refractivity (Wildman–Crippen MR) is 120 cm³/mol. The SMILES string of the molecule is Cc1ccc(OC(C)C(=O)NC(CN2CCN(C)CC2)c2ccccc2)c(Br)c1. The minimum Gasteiger partial charge on any atom is -0.480 e. The number of aryl methyl sites for hydroxylation is 1. The van der Waals surface area contributed by atoms with Crippen molar-refractivity contribution in [3.05, 3.63) is 64.1 Å². The zero-order chi connectivity index (χ0) is 20.8. The molecule has 0 radical (unpaired) electrons. The van der Waals surface area contributed by atoms with Crippen LogP contribution in [-0.4, -0.2) is 61.6 Å². The first kappa shape index (κ1) is 21.8. The second kappa shape index (κ2) is 10.2. The molecule has 2 atom stereocenters. The zero-order valence-electron chi connectivity index (χ0n) is 17.4. The summed E-state index contributed by atoms with van der Waals surface area (Å²) in [5.41, 5.74) is 2.25. The molecule has 5 nitrogen and oxygen atoms in total. The summed E-state index contributed by atoms with van der Waals surface area (Å²) in [6.45, 7) is 8.74. The molecular weight excluding hydrogens is 430 g/mol. The van der Waals surface area contributed by atoms with Gasteiger partial charge in [0.2, 0.25) is 0 Å². The molecule has 0 aliphatic carbocycles. The maximum atomic E-state index is 12.9. The molecule has 3 rings (SSSR count). The smallest absolute Gasteiger partial charge is 0.261 e. The van der Waals surface area contributed by atoms with Gasteiger partial charge in [-0.15, -0.1) is 0 Å². The molecule has 2 aromatic carbocycles. The van der Waals surface area contributed by atoms with Gasteiger partial charge in [-0.1, -0.05) is 36.4 Å². The van der Waals surface area contributed by atoms with Gasteiger partial charge < -0.3 is 15.0 Å². The molecule has 0 saturated carbocycles. The van der Waals surface area contributed by atoms with E-state index < -0.39 is 6.10 Å². The third-order valence-electron chi connectivity index (χ3n) is 5.32. The summed E-state index contributed by atoms with van der Waals surface area (Å²) in [6, 6.07) is 16.0. The Bertz CT molecular complexity index is 807. The fraction of sp³-hybridized carbons (Fsp3) is 0.435. The lowest BCUT2D eigenvalue weighted by Gasteiger charge is -2.35. The number of likely N-dealkylation sites (N-methyl/N-ethyl adjacent to an activating group) is 1. The summed E-state index contributed by atoms with van der Waals surface area (Å²) < 4.78 is 6.78. The topological polar surface area (TPSA) is 44.8 Å². The van der Waals surface area contributed by atoms with Crippen LogP contribution in [0.25, 0.3) is 0 Å². The highest BCUT2D eigenvalue weighted by Crippen LogP contribution is 2.27. The minimum atomic E-state index is -0.590. The summed E-state index contributed by atoms with van der Waals surface area (Å²) in [7, 11) is 2.15. The number of nitrogens with one attached hydrogen (secondary N) is 1. The van der Waals surface area contributed by atoms with E-state index in [0.29, 0.717) is 5.75 Å². The van der Waals surface area contributed by atoms with E-state index in [-0.39, 0.29) is 11.9 Å². The molecule has 1 amide bonds. The van der Waals surface area contributed by atoms with E-state index in [4.69, 9.17) is 4.74 Å². The predicted octanol–water partition coefficient (Wildman–Crippen LogP) is 3.63. The van der Waals surface area contributed by atoms with Gasteiger partial charge in [-0.3, -0.25) is 9.69 Å². The van der Waals surface area contributed by atoms with Gasteiger partial charge in [0.25, 0.3) is 5.91 Å². The molecule has 1 aliphatic rings. The Balaban J connectivity index is 1.66. The molecule has 0 spiro atoms. The molecule has 1 fully saturated rings. The Morgan fingerprint density at radius 3 is 2.48 bits per heavy atom. The Kier molecular flexibility index (Phi) is 7.70. The second-order valence-corrected chi connectivity index (χ2v) is 8.62. The van der Waals surface area contributed by atoms with Crippen LogP contribution in [0.1, 0.15) is 24.1 Å². The Hall–Kier alpha value is -1.89. The van der Waals surface area contributed by atoms with Crippen molar-refractivity contribution in [2.45, 2.75) is 26.0 Å². The molecular formula is C23H30BrN3O2. The van der Waals surface area contributed by atoms with Gasteiger partial charge in [-0.2, -0.15) is 0 Å². The number of rotatable bonds is 7. The average molecular weight is 460 g/mol. The Labute approximate surface area is 182 Å². The number of ether oxygens (including phenoxy) is 1. The zero-order valence-corrected chi connectivity index (χ0v) is 19.0. The second-order valence-electron chi connectivity index (χ2n) is 7.77. The van der Waals surface area contributed by atoms with Gasteiger partial charge in [-0.05, 0) is 60.1 Å². The van der Waals surface area contributed by atoms with Crippen LogP contribution < -0.4 is 10.1 Å². The summed E-state index contributed by atoms with van der Waals surface area (Å²) >= 11 is 3.52. The summed E-state index contributed by atoms with van der Waals surface area (Å²) in [4.78, 5) is 17.7. The van der Waals surface area contributed by atoms with Crippen molar-refractivity contribution in [2.75, 3.05) is 39.8 Å². The number of carbonyl (C=O) groups is 1. The van der Waals surface area contributed by atoms with Gasteiger partial charge in [0.05, 0.1) is 10.5 Å². The fourth-order valence-corrected chi connectivity index (χ4v) is 4.03. The van der Waals surface area contributed by atoms with Crippen LogP contribution in [0.2, 0.25) is 0 Å². The number of halogens is 1. The molecule has 2 unspecified atom stereocenters. The van der Waals surface area contributed by atoms with Crippen LogP contribution in [0.4, 0.5) is 0 Å². The number of carbonyl (C=O) groups excluding carboxylic acids is 1. The van der Waals surface area contributed by atoms with Crippen LogP contribution in [-0.2, 0) is 4.79 Å². The van der Waals surface area contributed by atoms with Gasteiger partial charge in [0, 0.05) is 32.7 Å². The van der Waals surface area contributed by atoms with Gasteiger partial charge in [0.1, 0.15) is 5.75 Å².